The molecule has 0 radical (unpaired) electrons. The van der Waals surface area contributed by atoms with Gasteiger partial charge in [0.15, 0.2) is 0 Å². The number of pyridine rings is 1. The third kappa shape index (κ3) is 4.31. The van der Waals surface area contributed by atoms with Crippen molar-refractivity contribution in [1.29, 1.82) is 5.26 Å². The van der Waals surface area contributed by atoms with Crippen LogP contribution < -0.4 is 14.8 Å². The number of para-hydroxylation sites is 1. The number of anilines is 1. The van der Waals surface area contributed by atoms with E-state index in [0.717, 1.165) is 0 Å². The summed E-state index contributed by atoms with van der Waals surface area (Å²) in [7, 11) is 1.51. The Labute approximate surface area is 173 Å². The molecule has 0 atom stereocenters. The molecule has 7 heteroatoms. The topological polar surface area (TPSA) is 84.2 Å². The maximum Gasteiger partial charge on any atom is 0.259 e. The van der Waals surface area contributed by atoms with Crippen molar-refractivity contribution in [2.24, 2.45) is 0 Å². The maximum absolute atomic E-state index is 12.6. The van der Waals surface area contributed by atoms with Crippen molar-refractivity contribution in [3.8, 4) is 23.4 Å². The number of ether oxygens (including phenoxy) is 2. The number of aryl methyl sites for hydroxylation is 1. The molecule has 1 heterocycles. The number of nitrogens with zero attached hydrogens (tertiary/aromatic N) is 2. The van der Waals surface area contributed by atoms with E-state index in [1.807, 2.05) is 0 Å². The van der Waals surface area contributed by atoms with Crippen LogP contribution in [0.25, 0.3) is 0 Å². The van der Waals surface area contributed by atoms with Crippen molar-refractivity contribution in [2.75, 3.05) is 12.4 Å². The van der Waals surface area contributed by atoms with Gasteiger partial charge in [0.2, 0.25) is 5.88 Å². The average molecular weight is 408 g/mol. The van der Waals surface area contributed by atoms with Gasteiger partial charge in [-0.15, -0.1) is 0 Å². The lowest BCUT2D eigenvalue weighted by atomic mass is 10.1. The van der Waals surface area contributed by atoms with E-state index in [-0.39, 0.29) is 17.4 Å². The Balaban J connectivity index is 1.86. The van der Waals surface area contributed by atoms with Crippen molar-refractivity contribution in [3.63, 3.8) is 0 Å². The first kappa shape index (κ1) is 20.2. The molecule has 29 heavy (non-hydrogen) atoms. The predicted molar refractivity (Wildman–Crippen MR) is 111 cm³/mol. The Kier molecular flexibility index (Phi) is 6.01. The molecule has 1 N–H and O–H groups in total. The lowest BCUT2D eigenvalue weighted by molar-refractivity contribution is 0.102. The molecule has 146 valence electrons. The molecule has 3 aromatic rings. The van der Waals surface area contributed by atoms with E-state index in [1.54, 1.807) is 62.4 Å². The van der Waals surface area contributed by atoms with E-state index in [9.17, 15) is 10.1 Å². The van der Waals surface area contributed by atoms with Gasteiger partial charge in [-0.3, -0.25) is 4.79 Å². The molecule has 0 spiro atoms. The molecule has 3 rings (SSSR count). The van der Waals surface area contributed by atoms with Crippen LogP contribution in [-0.4, -0.2) is 18.0 Å². The second-order valence-electron chi connectivity index (χ2n) is 6.21. The summed E-state index contributed by atoms with van der Waals surface area (Å²) in [5.41, 5.74) is 2.39. The second kappa shape index (κ2) is 8.63. The minimum absolute atomic E-state index is 0.167. The third-order valence-corrected chi connectivity index (χ3v) is 4.83. The summed E-state index contributed by atoms with van der Waals surface area (Å²) in [4.78, 5) is 16.9. The largest absolute Gasteiger partial charge is 0.496 e. The average Bonchev–Trinajstić information content (AvgIpc) is 2.72. The quantitative estimate of drug-likeness (QED) is 0.622. The molecule has 0 aliphatic carbocycles. The monoisotopic (exact) mass is 407 g/mol. The normalized spacial score (nSPS) is 10.2. The van der Waals surface area contributed by atoms with Gasteiger partial charge in [0.1, 0.15) is 23.1 Å². The minimum atomic E-state index is -0.311. The molecule has 0 unspecified atom stereocenters. The third-order valence-electron chi connectivity index (χ3n) is 4.27. The van der Waals surface area contributed by atoms with Gasteiger partial charge in [0.25, 0.3) is 5.91 Å². The molecule has 2 aromatic carbocycles. The van der Waals surface area contributed by atoms with Gasteiger partial charge in [-0.05, 0) is 43.7 Å². The highest BCUT2D eigenvalue weighted by molar-refractivity contribution is 6.32. The molecule has 1 amide bonds. The molecule has 0 aliphatic rings. The summed E-state index contributed by atoms with van der Waals surface area (Å²) < 4.78 is 11.1. The van der Waals surface area contributed by atoms with Gasteiger partial charge < -0.3 is 14.8 Å². The van der Waals surface area contributed by atoms with E-state index in [0.29, 0.717) is 39.0 Å². The van der Waals surface area contributed by atoms with Crippen LogP contribution in [0.2, 0.25) is 5.02 Å². The lowest BCUT2D eigenvalue weighted by Gasteiger charge is -2.13. The highest BCUT2D eigenvalue weighted by Gasteiger charge is 2.16. The first-order valence-electron chi connectivity index (χ1n) is 8.73. The van der Waals surface area contributed by atoms with E-state index >= 15 is 0 Å². The zero-order valence-corrected chi connectivity index (χ0v) is 16.9. The van der Waals surface area contributed by atoms with E-state index in [4.69, 9.17) is 21.1 Å². The smallest absolute Gasteiger partial charge is 0.259 e. The van der Waals surface area contributed by atoms with Crippen LogP contribution in [0.15, 0.2) is 48.5 Å². The van der Waals surface area contributed by atoms with Crippen molar-refractivity contribution < 1.29 is 14.3 Å². The second-order valence-corrected chi connectivity index (χ2v) is 6.59. The molecule has 6 nitrogen and oxygen atoms in total. The number of carbonyl (C=O) groups is 1. The van der Waals surface area contributed by atoms with Crippen LogP contribution in [0.3, 0.4) is 0 Å². The van der Waals surface area contributed by atoms with Crippen molar-refractivity contribution in [1.82, 2.24) is 4.98 Å². The molecule has 0 saturated carbocycles. The van der Waals surface area contributed by atoms with Crippen molar-refractivity contribution >= 4 is 23.2 Å². The van der Waals surface area contributed by atoms with Gasteiger partial charge >= 0.3 is 0 Å². The Hall–Kier alpha value is -3.56. The van der Waals surface area contributed by atoms with Gasteiger partial charge in [-0.2, -0.15) is 5.26 Å². The molecule has 0 bridgehead atoms. The molecule has 1 aromatic heterocycles. The predicted octanol–water partition coefficient (Wildman–Crippen LogP) is 5.28. The standard InChI is InChI=1S/C22H18ClN3O3/c1-13-18(12-24)22(25-14(2)20(13)23)29-16-8-6-7-15(11-16)26-21(27)17-9-4-5-10-19(17)28-3/h4-11H,1-3H3,(H,26,27). The summed E-state index contributed by atoms with van der Waals surface area (Å²) in [6.07, 6.45) is 0. The minimum Gasteiger partial charge on any atom is -0.496 e. The van der Waals surface area contributed by atoms with E-state index < -0.39 is 0 Å². The SMILES string of the molecule is COc1ccccc1C(=O)Nc1cccc(Oc2nc(C)c(Cl)c(C)c2C#N)c1. The van der Waals surface area contributed by atoms with Gasteiger partial charge in [-0.1, -0.05) is 29.8 Å². The number of nitrogens with one attached hydrogen (secondary N) is 1. The highest BCUT2D eigenvalue weighted by Crippen LogP contribution is 2.32. The summed E-state index contributed by atoms with van der Waals surface area (Å²) >= 11 is 6.18. The maximum atomic E-state index is 12.6. The van der Waals surface area contributed by atoms with Gasteiger partial charge in [0, 0.05) is 11.8 Å². The Bertz CT molecular complexity index is 1120. The number of carbonyl (C=O) groups excluding carboxylic acids is 1. The summed E-state index contributed by atoms with van der Waals surface area (Å²) in [6.45, 7) is 3.49. The number of halogens is 1. The van der Waals surface area contributed by atoms with Crippen LogP contribution in [0.5, 0.6) is 17.4 Å². The highest BCUT2D eigenvalue weighted by atomic mass is 35.5. The number of methoxy groups -OCH3 is 1. The first-order chi connectivity index (χ1) is 13.9. The number of nitriles is 1. The zero-order chi connectivity index (χ0) is 21.0. The Morgan fingerprint density at radius 2 is 1.93 bits per heavy atom. The van der Waals surface area contributed by atoms with Crippen LogP contribution in [0.4, 0.5) is 5.69 Å². The number of hydrogen-bond donors (Lipinski definition) is 1. The number of hydrogen-bond acceptors (Lipinski definition) is 5. The molecule has 0 saturated heterocycles. The number of amides is 1. The summed E-state index contributed by atoms with van der Waals surface area (Å²) in [5, 5.41) is 12.7. The fourth-order valence-corrected chi connectivity index (χ4v) is 2.92. The summed E-state index contributed by atoms with van der Waals surface area (Å²) in [6, 6.07) is 15.8. The molecule has 0 aliphatic heterocycles. The first-order valence-corrected chi connectivity index (χ1v) is 9.11. The van der Waals surface area contributed by atoms with Gasteiger partial charge in [-0.25, -0.2) is 4.98 Å². The van der Waals surface area contributed by atoms with Crippen LogP contribution >= 0.6 is 11.6 Å². The lowest BCUT2D eigenvalue weighted by Crippen LogP contribution is -2.13. The van der Waals surface area contributed by atoms with Crippen molar-refractivity contribution in [3.05, 3.63) is 75.9 Å². The van der Waals surface area contributed by atoms with E-state index in [2.05, 4.69) is 16.4 Å². The molecular formula is C22H18ClN3O3. The Morgan fingerprint density at radius 3 is 2.66 bits per heavy atom. The number of aromatic nitrogens is 1. The number of benzene rings is 2. The fourth-order valence-electron chi connectivity index (χ4n) is 2.78. The summed E-state index contributed by atoms with van der Waals surface area (Å²) in [5.74, 6) is 0.758. The van der Waals surface area contributed by atoms with Crippen LogP contribution in [-0.2, 0) is 0 Å². The fraction of sp³-hybridized carbons (Fsp3) is 0.136. The van der Waals surface area contributed by atoms with E-state index in [1.165, 1.54) is 7.11 Å². The van der Waals surface area contributed by atoms with Crippen molar-refractivity contribution in [2.45, 2.75) is 13.8 Å². The molecule has 0 fully saturated rings. The Morgan fingerprint density at radius 1 is 1.17 bits per heavy atom. The van der Waals surface area contributed by atoms with Gasteiger partial charge in [0.05, 0.1) is 23.4 Å². The van der Waals surface area contributed by atoms with Crippen LogP contribution in [0.1, 0.15) is 27.2 Å². The van der Waals surface area contributed by atoms with Crippen LogP contribution in [0, 0.1) is 25.2 Å². The number of rotatable bonds is 5. The molecular weight excluding hydrogens is 390 g/mol. The zero-order valence-electron chi connectivity index (χ0n) is 16.1.